The van der Waals surface area contributed by atoms with E-state index < -0.39 is 23.4 Å². The lowest BCUT2D eigenvalue weighted by molar-refractivity contribution is -0.383. The smallest absolute Gasteiger partial charge is 0.338 e. The first-order chi connectivity index (χ1) is 13.9. The summed E-state index contributed by atoms with van der Waals surface area (Å²) in [6, 6.07) is 12.3. The number of ether oxygens (including phenoxy) is 1. The molecule has 3 aromatic rings. The van der Waals surface area contributed by atoms with Gasteiger partial charge in [-0.1, -0.05) is 23.7 Å². The number of aromatic nitrogens is 2. The Kier molecular flexibility index (Phi) is 6.20. The Hall–Kier alpha value is -3.72. The number of esters is 1. The molecule has 2 aromatic carbocycles. The van der Waals surface area contributed by atoms with Crippen LogP contribution in [-0.2, 0) is 16.1 Å². The number of amides is 1. The number of nitro groups is 1. The summed E-state index contributed by atoms with van der Waals surface area (Å²) in [6.45, 7) is -0.0295. The molecule has 3 rings (SSSR count). The van der Waals surface area contributed by atoms with Crippen molar-refractivity contribution in [2.75, 3.05) is 11.9 Å². The maximum Gasteiger partial charge on any atom is 0.338 e. The minimum absolute atomic E-state index is 0.0385. The molecule has 1 heterocycles. The van der Waals surface area contributed by atoms with E-state index >= 15 is 0 Å². The predicted molar refractivity (Wildman–Crippen MR) is 105 cm³/mol. The van der Waals surface area contributed by atoms with Crippen molar-refractivity contribution in [3.05, 3.63) is 87.2 Å². The Bertz CT molecular complexity index is 1040. The molecule has 0 aliphatic heterocycles. The molecule has 0 spiro atoms. The number of anilines is 1. The molecule has 0 bridgehead atoms. The summed E-state index contributed by atoms with van der Waals surface area (Å²) in [5, 5.41) is 17.6. The second-order valence-corrected chi connectivity index (χ2v) is 6.38. The minimum Gasteiger partial charge on any atom is -0.452 e. The van der Waals surface area contributed by atoms with E-state index in [2.05, 4.69) is 10.4 Å². The molecule has 1 aromatic heterocycles. The van der Waals surface area contributed by atoms with E-state index in [0.29, 0.717) is 6.54 Å². The average molecular weight is 415 g/mol. The van der Waals surface area contributed by atoms with Crippen LogP contribution in [-0.4, -0.2) is 33.2 Å². The average Bonchev–Trinajstić information content (AvgIpc) is 3.21. The van der Waals surface area contributed by atoms with Crippen molar-refractivity contribution in [2.24, 2.45) is 0 Å². The highest BCUT2D eigenvalue weighted by molar-refractivity contribution is 6.31. The lowest BCUT2D eigenvalue weighted by atomic mass is 10.1. The van der Waals surface area contributed by atoms with Gasteiger partial charge in [-0.05, 0) is 35.9 Å². The van der Waals surface area contributed by atoms with Crippen LogP contribution in [0.2, 0.25) is 5.02 Å². The lowest BCUT2D eigenvalue weighted by Crippen LogP contribution is -2.21. The van der Waals surface area contributed by atoms with Gasteiger partial charge in [0.25, 0.3) is 11.6 Å². The fourth-order valence-electron chi connectivity index (χ4n) is 2.49. The molecular formula is C19H15ClN4O5. The number of rotatable bonds is 7. The van der Waals surface area contributed by atoms with Gasteiger partial charge in [-0.25, -0.2) is 4.79 Å². The highest BCUT2D eigenvalue weighted by Gasteiger charge is 2.17. The third-order valence-electron chi connectivity index (χ3n) is 3.86. The van der Waals surface area contributed by atoms with E-state index in [1.807, 2.05) is 12.3 Å². The Labute approximate surface area is 170 Å². The van der Waals surface area contributed by atoms with Gasteiger partial charge < -0.3 is 10.1 Å². The highest BCUT2D eigenvalue weighted by Crippen LogP contribution is 2.27. The number of benzene rings is 2. The van der Waals surface area contributed by atoms with Crippen LogP contribution in [0.4, 0.5) is 11.4 Å². The number of nitrogens with one attached hydrogen (secondary N) is 1. The quantitative estimate of drug-likeness (QED) is 0.360. The van der Waals surface area contributed by atoms with Crippen molar-refractivity contribution in [3.8, 4) is 0 Å². The first-order valence-electron chi connectivity index (χ1n) is 8.39. The molecule has 9 nitrogen and oxygen atoms in total. The second-order valence-electron chi connectivity index (χ2n) is 5.94. The normalized spacial score (nSPS) is 10.4. The van der Waals surface area contributed by atoms with Crippen LogP contribution in [0.25, 0.3) is 0 Å². The number of carbonyl (C=O) groups excluding carboxylic acids is 2. The molecule has 0 radical (unpaired) electrons. The van der Waals surface area contributed by atoms with E-state index in [1.54, 1.807) is 35.1 Å². The van der Waals surface area contributed by atoms with E-state index in [0.717, 1.165) is 11.6 Å². The van der Waals surface area contributed by atoms with Crippen LogP contribution in [0.3, 0.4) is 0 Å². The summed E-state index contributed by atoms with van der Waals surface area (Å²) in [7, 11) is 0. The first-order valence-corrected chi connectivity index (χ1v) is 8.77. The van der Waals surface area contributed by atoms with Gasteiger partial charge in [0.15, 0.2) is 6.61 Å². The molecule has 0 atom stereocenters. The van der Waals surface area contributed by atoms with E-state index in [9.17, 15) is 19.7 Å². The minimum atomic E-state index is -0.709. The van der Waals surface area contributed by atoms with Gasteiger partial charge in [-0.2, -0.15) is 5.10 Å². The van der Waals surface area contributed by atoms with E-state index in [1.165, 1.54) is 12.1 Å². The molecule has 29 heavy (non-hydrogen) atoms. The van der Waals surface area contributed by atoms with Gasteiger partial charge in [-0.15, -0.1) is 0 Å². The van der Waals surface area contributed by atoms with Crippen molar-refractivity contribution < 1.29 is 19.2 Å². The first kappa shape index (κ1) is 20.0. The standard InChI is InChI=1S/C19H15ClN4O5/c20-15-6-7-16(17(10-15)24(27)28)22-18(25)12-29-19(26)14-4-2-13(3-5-14)11-23-9-1-8-21-23/h1-10H,11-12H2,(H,22,25). The van der Waals surface area contributed by atoms with E-state index in [4.69, 9.17) is 16.3 Å². The number of nitro benzene ring substituents is 1. The van der Waals surface area contributed by atoms with Crippen LogP contribution in [0.5, 0.6) is 0 Å². The molecule has 1 amide bonds. The largest absolute Gasteiger partial charge is 0.452 e. The van der Waals surface area contributed by atoms with Gasteiger partial charge in [0.1, 0.15) is 5.69 Å². The monoisotopic (exact) mass is 414 g/mol. The van der Waals surface area contributed by atoms with Gasteiger partial charge in [0.2, 0.25) is 0 Å². The second kappa shape index (κ2) is 8.98. The summed E-state index contributed by atoms with van der Waals surface area (Å²) < 4.78 is 6.71. The SMILES string of the molecule is O=C(COC(=O)c1ccc(Cn2cccn2)cc1)Nc1ccc(Cl)cc1[N+](=O)[O-]. The molecule has 0 saturated carbocycles. The highest BCUT2D eigenvalue weighted by atomic mass is 35.5. The maximum atomic E-state index is 12.1. The van der Waals surface area contributed by atoms with Crippen LogP contribution in [0, 0.1) is 10.1 Å². The van der Waals surface area contributed by atoms with Crippen molar-refractivity contribution >= 4 is 34.9 Å². The summed E-state index contributed by atoms with van der Waals surface area (Å²) in [4.78, 5) is 34.5. The number of hydrogen-bond acceptors (Lipinski definition) is 6. The van der Waals surface area contributed by atoms with Crippen molar-refractivity contribution in [3.63, 3.8) is 0 Å². The number of hydrogen-bond donors (Lipinski definition) is 1. The zero-order valence-electron chi connectivity index (χ0n) is 14.9. The molecule has 0 unspecified atom stereocenters. The lowest BCUT2D eigenvalue weighted by Gasteiger charge is -2.08. The fourth-order valence-corrected chi connectivity index (χ4v) is 2.66. The zero-order chi connectivity index (χ0) is 20.8. The maximum absolute atomic E-state index is 12.1. The van der Waals surface area contributed by atoms with E-state index in [-0.39, 0.29) is 22.0 Å². The Morgan fingerprint density at radius 2 is 1.97 bits per heavy atom. The molecule has 148 valence electrons. The molecular weight excluding hydrogens is 400 g/mol. The van der Waals surface area contributed by atoms with Crippen LogP contribution >= 0.6 is 11.6 Å². The summed E-state index contributed by atoms with van der Waals surface area (Å²) >= 11 is 5.73. The van der Waals surface area contributed by atoms with Crippen molar-refractivity contribution in [2.45, 2.75) is 6.54 Å². The molecule has 0 aliphatic rings. The topological polar surface area (TPSA) is 116 Å². The van der Waals surface area contributed by atoms with Gasteiger partial charge in [-0.3, -0.25) is 19.6 Å². The van der Waals surface area contributed by atoms with Crippen LogP contribution in [0.15, 0.2) is 60.9 Å². The number of nitrogens with zero attached hydrogens (tertiary/aromatic N) is 3. The summed E-state index contributed by atoms with van der Waals surface area (Å²) in [5.41, 5.74) is 0.825. The summed E-state index contributed by atoms with van der Waals surface area (Å²) in [5.74, 6) is -1.39. The molecule has 0 fully saturated rings. The van der Waals surface area contributed by atoms with Gasteiger partial charge in [0.05, 0.1) is 17.0 Å². The Morgan fingerprint density at radius 1 is 1.21 bits per heavy atom. The number of carbonyl (C=O) groups is 2. The molecule has 10 heteroatoms. The Morgan fingerprint density at radius 3 is 2.62 bits per heavy atom. The van der Waals surface area contributed by atoms with Gasteiger partial charge >= 0.3 is 5.97 Å². The third kappa shape index (κ3) is 5.39. The van der Waals surface area contributed by atoms with Crippen LogP contribution in [0.1, 0.15) is 15.9 Å². The molecule has 0 aliphatic carbocycles. The summed E-state index contributed by atoms with van der Waals surface area (Å²) in [6.07, 6.45) is 3.50. The predicted octanol–water partition coefficient (Wildman–Crippen LogP) is 3.29. The van der Waals surface area contributed by atoms with Gasteiger partial charge in [0, 0.05) is 23.5 Å². The Balaban J connectivity index is 1.55. The molecule has 0 saturated heterocycles. The zero-order valence-corrected chi connectivity index (χ0v) is 15.7. The van der Waals surface area contributed by atoms with Crippen molar-refractivity contribution in [1.29, 1.82) is 0 Å². The fraction of sp³-hybridized carbons (Fsp3) is 0.105. The molecule has 1 N–H and O–H groups in total. The van der Waals surface area contributed by atoms with Crippen molar-refractivity contribution in [1.82, 2.24) is 9.78 Å². The number of halogens is 1. The third-order valence-corrected chi connectivity index (χ3v) is 4.09. The van der Waals surface area contributed by atoms with Crippen LogP contribution < -0.4 is 5.32 Å².